The molecule has 0 aliphatic carbocycles. The van der Waals surface area contributed by atoms with Gasteiger partial charge in [0.2, 0.25) is 5.91 Å². The quantitative estimate of drug-likeness (QED) is 0.871. The van der Waals surface area contributed by atoms with Crippen molar-refractivity contribution < 1.29 is 9.18 Å². The first-order valence-corrected chi connectivity index (χ1v) is 7.42. The number of benzene rings is 2. The number of carbonyl (C=O) groups is 1. The second kappa shape index (κ2) is 7.07. The zero-order valence-electron chi connectivity index (χ0n) is 13.1. The molecule has 0 bridgehead atoms. The summed E-state index contributed by atoms with van der Waals surface area (Å²) in [6, 6.07) is 12.2. The van der Waals surface area contributed by atoms with Gasteiger partial charge in [-0.2, -0.15) is 0 Å². The summed E-state index contributed by atoms with van der Waals surface area (Å²) in [5, 5.41) is 5.74. The van der Waals surface area contributed by atoms with Crippen LogP contribution in [0.2, 0.25) is 0 Å². The van der Waals surface area contributed by atoms with Crippen LogP contribution in [-0.2, 0) is 11.2 Å². The molecule has 0 saturated heterocycles. The maximum atomic E-state index is 13.8. The third kappa shape index (κ3) is 4.07. The molecule has 116 valence electrons. The maximum absolute atomic E-state index is 13.8. The number of carbonyl (C=O) groups excluding carboxylic acids is 1. The molecule has 1 amide bonds. The fourth-order valence-electron chi connectivity index (χ4n) is 2.16. The molecule has 0 fully saturated rings. The van der Waals surface area contributed by atoms with Gasteiger partial charge in [-0.25, -0.2) is 4.39 Å². The zero-order valence-corrected chi connectivity index (χ0v) is 13.1. The van der Waals surface area contributed by atoms with Gasteiger partial charge in [-0.1, -0.05) is 25.1 Å². The van der Waals surface area contributed by atoms with Gasteiger partial charge in [-0.15, -0.1) is 0 Å². The molecule has 0 aliphatic heterocycles. The van der Waals surface area contributed by atoms with E-state index in [4.69, 9.17) is 0 Å². The Morgan fingerprint density at radius 2 is 2.00 bits per heavy atom. The van der Waals surface area contributed by atoms with Crippen molar-refractivity contribution in [1.82, 2.24) is 0 Å². The summed E-state index contributed by atoms with van der Waals surface area (Å²) >= 11 is 0. The van der Waals surface area contributed by atoms with Gasteiger partial charge >= 0.3 is 0 Å². The van der Waals surface area contributed by atoms with Crippen molar-refractivity contribution in [2.24, 2.45) is 0 Å². The standard InChI is InChI=1S/C18H21FN2O/c1-4-14-6-5-7-15(11-14)20-13(3)18(22)21-17-9-8-12(2)10-16(17)19/h5-11,13,20H,4H2,1-3H3,(H,21,22). The first-order chi connectivity index (χ1) is 10.5. The predicted molar refractivity (Wildman–Crippen MR) is 88.7 cm³/mol. The number of nitrogens with one attached hydrogen (secondary N) is 2. The Morgan fingerprint density at radius 3 is 2.68 bits per heavy atom. The fourth-order valence-corrected chi connectivity index (χ4v) is 2.16. The lowest BCUT2D eigenvalue weighted by Crippen LogP contribution is -2.32. The van der Waals surface area contributed by atoms with Gasteiger partial charge in [0.15, 0.2) is 0 Å². The molecule has 2 N–H and O–H groups in total. The molecule has 4 heteroatoms. The Balaban J connectivity index is 2.02. The largest absolute Gasteiger partial charge is 0.374 e. The van der Waals surface area contributed by atoms with Crippen molar-refractivity contribution in [3.63, 3.8) is 0 Å². The Hall–Kier alpha value is -2.36. The Morgan fingerprint density at radius 1 is 1.23 bits per heavy atom. The Labute approximate surface area is 130 Å². The van der Waals surface area contributed by atoms with Crippen molar-refractivity contribution in [3.05, 3.63) is 59.4 Å². The lowest BCUT2D eigenvalue weighted by Gasteiger charge is -2.16. The molecule has 0 aromatic heterocycles. The van der Waals surface area contributed by atoms with Crippen LogP contribution in [0.4, 0.5) is 15.8 Å². The lowest BCUT2D eigenvalue weighted by atomic mass is 10.1. The molecular formula is C18H21FN2O. The highest BCUT2D eigenvalue weighted by Gasteiger charge is 2.14. The predicted octanol–water partition coefficient (Wildman–Crippen LogP) is 4.14. The third-order valence-corrected chi connectivity index (χ3v) is 3.49. The number of amides is 1. The molecule has 2 rings (SSSR count). The van der Waals surface area contributed by atoms with Crippen LogP contribution in [0.15, 0.2) is 42.5 Å². The average Bonchev–Trinajstić information content (AvgIpc) is 2.50. The molecule has 0 spiro atoms. The molecule has 2 aromatic carbocycles. The van der Waals surface area contributed by atoms with Crippen LogP contribution in [0.1, 0.15) is 25.0 Å². The van der Waals surface area contributed by atoms with Gasteiger partial charge < -0.3 is 10.6 Å². The number of hydrogen-bond acceptors (Lipinski definition) is 2. The minimum absolute atomic E-state index is 0.201. The molecule has 0 aliphatic rings. The second-order valence-electron chi connectivity index (χ2n) is 5.39. The summed E-state index contributed by atoms with van der Waals surface area (Å²) in [5.74, 6) is -0.696. The molecule has 1 unspecified atom stereocenters. The number of halogens is 1. The van der Waals surface area contributed by atoms with Crippen LogP contribution >= 0.6 is 0 Å². The van der Waals surface area contributed by atoms with Gasteiger partial charge in [0.05, 0.1) is 5.69 Å². The van der Waals surface area contributed by atoms with E-state index >= 15 is 0 Å². The van der Waals surface area contributed by atoms with Crippen LogP contribution < -0.4 is 10.6 Å². The number of anilines is 2. The van der Waals surface area contributed by atoms with E-state index in [0.29, 0.717) is 0 Å². The van der Waals surface area contributed by atoms with Crippen LogP contribution in [0, 0.1) is 12.7 Å². The average molecular weight is 300 g/mol. The highest BCUT2D eigenvalue weighted by atomic mass is 19.1. The molecule has 0 heterocycles. The van der Waals surface area contributed by atoms with Gasteiger partial charge in [-0.3, -0.25) is 4.79 Å². The summed E-state index contributed by atoms with van der Waals surface area (Å²) < 4.78 is 13.8. The summed E-state index contributed by atoms with van der Waals surface area (Å²) in [6.45, 7) is 5.63. The van der Waals surface area contributed by atoms with E-state index < -0.39 is 11.9 Å². The van der Waals surface area contributed by atoms with E-state index in [1.165, 1.54) is 11.6 Å². The smallest absolute Gasteiger partial charge is 0.246 e. The highest BCUT2D eigenvalue weighted by Crippen LogP contribution is 2.17. The van der Waals surface area contributed by atoms with Gasteiger partial charge in [0.1, 0.15) is 11.9 Å². The fraction of sp³-hybridized carbons (Fsp3) is 0.278. The molecule has 1 atom stereocenters. The summed E-state index contributed by atoms with van der Waals surface area (Å²) in [7, 11) is 0. The minimum atomic E-state index is -0.465. The zero-order chi connectivity index (χ0) is 16.1. The molecular weight excluding hydrogens is 279 g/mol. The monoisotopic (exact) mass is 300 g/mol. The molecule has 0 saturated carbocycles. The molecule has 0 radical (unpaired) electrons. The van der Waals surface area contributed by atoms with Crippen molar-refractivity contribution >= 4 is 17.3 Å². The van der Waals surface area contributed by atoms with Crippen molar-refractivity contribution in [1.29, 1.82) is 0 Å². The van der Waals surface area contributed by atoms with Crippen molar-refractivity contribution in [3.8, 4) is 0 Å². The van der Waals surface area contributed by atoms with E-state index in [2.05, 4.69) is 17.6 Å². The molecule has 3 nitrogen and oxygen atoms in total. The van der Waals surface area contributed by atoms with Gasteiger partial charge in [-0.05, 0) is 55.7 Å². The van der Waals surface area contributed by atoms with Gasteiger partial charge in [0, 0.05) is 5.69 Å². The third-order valence-electron chi connectivity index (χ3n) is 3.49. The first kappa shape index (κ1) is 16.0. The van der Waals surface area contributed by atoms with Crippen LogP contribution in [-0.4, -0.2) is 11.9 Å². The Kier molecular flexibility index (Phi) is 5.15. The van der Waals surface area contributed by atoms with E-state index in [-0.39, 0.29) is 11.6 Å². The normalized spacial score (nSPS) is 11.8. The van der Waals surface area contributed by atoms with Crippen molar-refractivity contribution in [2.75, 3.05) is 10.6 Å². The summed E-state index contributed by atoms with van der Waals surface area (Å²) in [4.78, 5) is 12.2. The lowest BCUT2D eigenvalue weighted by molar-refractivity contribution is -0.116. The van der Waals surface area contributed by atoms with Gasteiger partial charge in [0.25, 0.3) is 0 Å². The first-order valence-electron chi connectivity index (χ1n) is 7.42. The van der Waals surface area contributed by atoms with Crippen LogP contribution in [0.3, 0.4) is 0 Å². The number of aryl methyl sites for hydroxylation is 2. The van der Waals surface area contributed by atoms with Crippen molar-refractivity contribution in [2.45, 2.75) is 33.2 Å². The van der Waals surface area contributed by atoms with Crippen LogP contribution in [0.5, 0.6) is 0 Å². The van der Waals surface area contributed by atoms with E-state index in [1.54, 1.807) is 26.0 Å². The maximum Gasteiger partial charge on any atom is 0.246 e. The van der Waals surface area contributed by atoms with Crippen LogP contribution in [0.25, 0.3) is 0 Å². The van der Waals surface area contributed by atoms with E-state index in [0.717, 1.165) is 17.7 Å². The molecule has 22 heavy (non-hydrogen) atoms. The SMILES string of the molecule is CCc1cccc(NC(C)C(=O)Nc2ccc(C)cc2F)c1. The molecule has 2 aromatic rings. The summed E-state index contributed by atoms with van der Waals surface area (Å²) in [6.07, 6.45) is 0.935. The highest BCUT2D eigenvalue weighted by molar-refractivity contribution is 5.96. The topological polar surface area (TPSA) is 41.1 Å². The van der Waals surface area contributed by atoms with E-state index in [1.807, 2.05) is 24.3 Å². The minimum Gasteiger partial charge on any atom is -0.374 e. The number of rotatable bonds is 5. The Bertz CT molecular complexity index is 670. The summed E-state index contributed by atoms with van der Waals surface area (Å²) in [5.41, 5.74) is 3.10. The number of hydrogen-bond donors (Lipinski definition) is 2. The van der Waals surface area contributed by atoms with E-state index in [9.17, 15) is 9.18 Å². The second-order valence-corrected chi connectivity index (χ2v) is 5.39.